The second kappa shape index (κ2) is 9.35. The number of hydrogen-bond acceptors (Lipinski definition) is 4. The Labute approximate surface area is 192 Å². The molecule has 0 fully saturated rings. The van der Waals surface area contributed by atoms with Gasteiger partial charge in [0, 0.05) is 16.8 Å². The Morgan fingerprint density at radius 3 is 2.48 bits per heavy atom. The van der Waals surface area contributed by atoms with E-state index in [1.165, 1.54) is 17.4 Å². The van der Waals surface area contributed by atoms with E-state index in [9.17, 15) is 9.59 Å². The number of ketones is 1. The lowest BCUT2D eigenvalue weighted by atomic mass is 10.1. The molecule has 0 saturated carbocycles. The van der Waals surface area contributed by atoms with Crippen molar-refractivity contribution < 1.29 is 14.0 Å². The highest BCUT2D eigenvalue weighted by Crippen LogP contribution is 2.34. The summed E-state index contributed by atoms with van der Waals surface area (Å²) in [5.41, 5.74) is 1.79. The van der Waals surface area contributed by atoms with Crippen LogP contribution in [0.15, 0.2) is 82.6 Å². The smallest absolute Gasteiger partial charge is 0.265 e. The molecule has 0 aliphatic rings. The van der Waals surface area contributed by atoms with E-state index in [4.69, 9.17) is 27.6 Å². The molecule has 4 aromatic rings. The van der Waals surface area contributed by atoms with Crippen LogP contribution in [0.2, 0.25) is 10.0 Å². The average molecular weight is 468 g/mol. The predicted molar refractivity (Wildman–Crippen MR) is 126 cm³/mol. The number of thiophene rings is 1. The van der Waals surface area contributed by atoms with E-state index in [0.717, 1.165) is 0 Å². The minimum atomic E-state index is -0.185. The summed E-state index contributed by atoms with van der Waals surface area (Å²) in [5.74, 6) is 0.710. The lowest BCUT2D eigenvalue weighted by molar-refractivity contribution is 0.102. The third kappa shape index (κ3) is 4.97. The molecule has 2 aromatic heterocycles. The number of rotatable bonds is 6. The molecule has 2 heterocycles. The van der Waals surface area contributed by atoms with Crippen LogP contribution in [-0.2, 0) is 0 Å². The van der Waals surface area contributed by atoms with Crippen molar-refractivity contribution >= 4 is 58.0 Å². The minimum absolute atomic E-state index is 0.178. The summed E-state index contributed by atoms with van der Waals surface area (Å²) in [4.78, 5) is 25.2. The SMILES string of the molecule is O=C(/C=C/c1ccc(-c2cccc(Cl)c2Cl)o1)c1ccc(NC(=O)c2cccs2)cc1. The Bertz CT molecular complexity index is 1260. The monoisotopic (exact) mass is 467 g/mol. The topological polar surface area (TPSA) is 59.3 Å². The predicted octanol–water partition coefficient (Wildman–Crippen LogP) is 7.46. The van der Waals surface area contributed by atoms with Gasteiger partial charge in [0.25, 0.3) is 5.91 Å². The fourth-order valence-corrected chi connectivity index (χ4v) is 3.87. The van der Waals surface area contributed by atoms with Gasteiger partial charge in [-0.3, -0.25) is 9.59 Å². The summed E-state index contributed by atoms with van der Waals surface area (Å²) < 4.78 is 5.76. The van der Waals surface area contributed by atoms with Crippen LogP contribution in [0.3, 0.4) is 0 Å². The van der Waals surface area contributed by atoms with Crippen molar-refractivity contribution in [2.75, 3.05) is 5.32 Å². The number of carbonyl (C=O) groups excluding carboxylic acids is 2. The molecule has 0 aliphatic heterocycles. The molecule has 154 valence electrons. The molecule has 0 unspecified atom stereocenters. The Morgan fingerprint density at radius 2 is 1.74 bits per heavy atom. The Balaban J connectivity index is 1.42. The number of furan rings is 1. The molecule has 0 atom stereocenters. The summed E-state index contributed by atoms with van der Waals surface area (Å²) in [6.45, 7) is 0. The van der Waals surface area contributed by atoms with Gasteiger partial charge in [-0.2, -0.15) is 0 Å². The third-order valence-corrected chi connectivity index (χ3v) is 6.10. The molecule has 2 aromatic carbocycles. The number of allylic oxidation sites excluding steroid dienone is 1. The van der Waals surface area contributed by atoms with Gasteiger partial charge in [0.05, 0.1) is 14.9 Å². The zero-order valence-corrected chi connectivity index (χ0v) is 18.3. The Morgan fingerprint density at radius 1 is 0.935 bits per heavy atom. The van der Waals surface area contributed by atoms with Gasteiger partial charge in [0.2, 0.25) is 0 Å². The number of nitrogens with one attached hydrogen (secondary N) is 1. The lowest BCUT2D eigenvalue weighted by Crippen LogP contribution is -2.10. The van der Waals surface area contributed by atoms with Crippen molar-refractivity contribution in [1.82, 2.24) is 0 Å². The molecular formula is C24H15Cl2NO3S. The highest BCUT2D eigenvalue weighted by Gasteiger charge is 2.11. The zero-order chi connectivity index (χ0) is 21.8. The molecule has 0 spiro atoms. The van der Waals surface area contributed by atoms with Crippen molar-refractivity contribution in [3.05, 3.63) is 104 Å². The standard InChI is InChI=1S/C24H15Cl2NO3S/c25-19-4-1-3-18(23(19)26)21-13-11-17(30-21)10-12-20(28)15-6-8-16(9-7-15)27-24(29)22-5-2-14-31-22/h1-14H,(H,27,29)/b12-10+. The highest BCUT2D eigenvalue weighted by atomic mass is 35.5. The third-order valence-electron chi connectivity index (χ3n) is 4.42. The first kappa shape index (κ1) is 21.1. The number of halogens is 2. The van der Waals surface area contributed by atoms with Crippen molar-refractivity contribution in [2.45, 2.75) is 0 Å². The van der Waals surface area contributed by atoms with Crippen molar-refractivity contribution in [3.8, 4) is 11.3 Å². The quantitative estimate of drug-likeness (QED) is 0.236. The number of benzene rings is 2. The number of carbonyl (C=O) groups is 2. The molecule has 0 saturated heterocycles. The van der Waals surface area contributed by atoms with Crippen LogP contribution in [0.5, 0.6) is 0 Å². The van der Waals surface area contributed by atoms with E-state index in [0.29, 0.717) is 43.3 Å². The van der Waals surface area contributed by atoms with E-state index in [1.54, 1.807) is 60.7 Å². The van der Waals surface area contributed by atoms with Crippen molar-refractivity contribution in [2.24, 2.45) is 0 Å². The lowest BCUT2D eigenvalue weighted by Gasteiger charge is -2.04. The van der Waals surface area contributed by atoms with Gasteiger partial charge in [-0.05, 0) is 72.1 Å². The van der Waals surface area contributed by atoms with Crippen LogP contribution >= 0.6 is 34.5 Å². The first-order valence-corrected chi connectivity index (χ1v) is 10.9. The van der Waals surface area contributed by atoms with E-state index in [1.807, 2.05) is 17.5 Å². The summed E-state index contributed by atoms with van der Waals surface area (Å²) in [6.07, 6.45) is 3.03. The van der Waals surface area contributed by atoms with Crippen LogP contribution < -0.4 is 5.32 Å². The Hall–Kier alpha value is -3.12. The van der Waals surface area contributed by atoms with Crippen molar-refractivity contribution in [3.63, 3.8) is 0 Å². The van der Waals surface area contributed by atoms with Crippen LogP contribution in [0.4, 0.5) is 5.69 Å². The average Bonchev–Trinajstić information content (AvgIpc) is 3.47. The molecule has 0 bridgehead atoms. The van der Waals surface area contributed by atoms with Gasteiger partial charge in [0.1, 0.15) is 11.5 Å². The normalized spacial score (nSPS) is 11.0. The molecule has 4 rings (SSSR count). The summed E-state index contributed by atoms with van der Waals surface area (Å²) in [5, 5.41) is 5.50. The fourth-order valence-electron chi connectivity index (χ4n) is 2.85. The molecule has 1 amide bonds. The number of anilines is 1. The minimum Gasteiger partial charge on any atom is -0.457 e. The van der Waals surface area contributed by atoms with Crippen LogP contribution in [0, 0.1) is 0 Å². The van der Waals surface area contributed by atoms with Gasteiger partial charge in [-0.1, -0.05) is 35.3 Å². The molecular weight excluding hydrogens is 453 g/mol. The first-order chi connectivity index (χ1) is 15.0. The molecule has 31 heavy (non-hydrogen) atoms. The molecule has 0 aliphatic carbocycles. The van der Waals surface area contributed by atoms with Crippen LogP contribution in [0.25, 0.3) is 17.4 Å². The summed E-state index contributed by atoms with van der Waals surface area (Å²) >= 11 is 13.6. The van der Waals surface area contributed by atoms with Gasteiger partial charge in [0.15, 0.2) is 5.78 Å². The summed E-state index contributed by atoms with van der Waals surface area (Å²) in [7, 11) is 0. The number of amides is 1. The maximum Gasteiger partial charge on any atom is 0.265 e. The molecule has 7 heteroatoms. The maximum absolute atomic E-state index is 12.5. The summed E-state index contributed by atoms with van der Waals surface area (Å²) in [6, 6.07) is 19.1. The van der Waals surface area contributed by atoms with E-state index >= 15 is 0 Å². The first-order valence-electron chi connectivity index (χ1n) is 9.23. The van der Waals surface area contributed by atoms with E-state index in [2.05, 4.69) is 5.32 Å². The fraction of sp³-hybridized carbons (Fsp3) is 0. The van der Waals surface area contributed by atoms with E-state index in [-0.39, 0.29) is 11.7 Å². The maximum atomic E-state index is 12.5. The molecule has 4 nitrogen and oxygen atoms in total. The zero-order valence-electron chi connectivity index (χ0n) is 16.0. The van der Waals surface area contributed by atoms with Gasteiger partial charge >= 0.3 is 0 Å². The van der Waals surface area contributed by atoms with Crippen molar-refractivity contribution in [1.29, 1.82) is 0 Å². The second-order valence-corrected chi connectivity index (χ2v) is 8.24. The largest absolute Gasteiger partial charge is 0.457 e. The van der Waals surface area contributed by atoms with Gasteiger partial charge in [-0.15, -0.1) is 11.3 Å². The Kier molecular flexibility index (Phi) is 6.37. The number of hydrogen-bond donors (Lipinski definition) is 1. The van der Waals surface area contributed by atoms with Gasteiger partial charge < -0.3 is 9.73 Å². The second-order valence-electron chi connectivity index (χ2n) is 6.51. The molecule has 1 N–H and O–H groups in total. The molecule has 0 radical (unpaired) electrons. The van der Waals surface area contributed by atoms with E-state index < -0.39 is 0 Å². The van der Waals surface area contributed by atoms with Gasteiger partial charge in [-0.25, -0.2) is 0 Å². The van der Waals surface area contributed by atoms with Crippen LogP contribution in [0.1, 0.15) is 25.8 Å². The highest BCUT2D eigenvalue weighted by molar-refractivity contribution is 7.12. The van der Waals surface area contributed by atoms with Crippen LogP contribution in [-0.4, -0.2) is 11.7 Å².